The van der Waals surface area contributed by atoms with Crippen molar-refractivity contribution in [3.05, 3.63) is 50.8 Å². The number of nitrogen functional groups attached to an aromatic ring is 1. The normalized spacial score (nSPS) is 11.1. The smallest absolute Gasteiger partial charge is 0.275 e. The Morgan fingerprint density at radius 3 is 3.05 bits per heavy atom. The molecule has 0 unspecified atom stereocenters. The van der Waals surface area contributed by atoms with E-state index >= 15 is 0 Å². The molecule has 3 rings (SSSR count). The Balaban J connectivity index is 1.84. The van der Waals surface area contributed by atoms with Gasteiger partial charge in [-0.1, -0.05) is 22.9 Å². The Kier molecular flexibility index (Phi) is 3.64. The molecule has 8 heteroatoms. The van der Waals surface area contributed by atoms with Crippen LogP contribution in [0, 0.1) is 0 Å². The number of hydrogen-bond acceptors (Lipinski definition) is 6. The van der Waals surface area contributed by atoms with Gasteiger partial charge in [0, 0.05) is 27.4 Å². The molecule has 0 saturated carbocycles. The van der Waals surface area contributed by atoms with Crippen LogP contribution < -0.4 is 11.3 Å². The molecule has 3 aromatic rings. The first-order valence-electron chi connectivity index (χ1n) is 5.64. The minimum Gasteiger partial charge on any atom is -0.398 e. The number of benzene rings is 1. The minimum absolute atomic E-state index is 0.170. The van der Waals surface area contributed by atoms with Gasteiger partial charge in [0.15, 0.2) is 0 Å². The molecule has 2 heterocycles. The Labute approximate surface area is 127 Å². The van der Waals surface area contributed by atoms with Gasteiger partial charge in [-0.3, -0.25) is 4.79 Å². The molecule has 2 aromatic heterocycles. The topological polar surface area (TPSA) is 73.3 Å². The standard InChI is InChI=1S/C12H9ClN4OS2/c13-7-1-2-10(9(14)3-7)19-5-8-4-11(18)17-12(16-8)20-6-15-17/h1-4,6H,5,14H2. The number of hydrogen-bond donors (Lipinski definition) is 1. The van der Waals surface area contributed by atoms with Crippen LogP contribution in [-0.2, 0) is 5.75 Å². The molecule has 0 amide bonds. The maximum Gasteiger partial charge on any atom is 0.275 e. The van der Waals surface area contributed by atoms with Crippen molar-refractivity contribution in [2.24, 2.45) is 0 Å². The third kappa shape index (κ3) is 2.65. The average molecular weight is 325 g/mol. The first-order chi connectivity index (χ1) is 9.63. The molecule has 0 radical (unpaired) electrons. The molecule has 0 saturated heterocycles. The Bertz CT molecular complexity index is 830. The largest absolute Gasteiger partial charge is 0.398 e. The lowest BCUT2D eigenvalue weighted by Gasteiger charge is -2.05. The highest BCUT2D eigenvalue weighted by Gasteiger charge is 2.06. The van der Waals surface area contributed by atoms with E-state index < -0.39 is 0 Å². The van der Waals surface area contributed by atoms with Crippen molar-refractivity contribution in [2.45, 2.75) is 10.6 Å². The van der Waals surface area contributed by atoms with Gasteiger partial charge in [-0.2, -0.15) is 9.61 Å². The van der Waals surface area contributed by atoms with Crippen LogP contribution >= 0.6 is 34.7 Å². The quantitative estimate of drug-likeness (QED) is 0.592. The number of thioether (sulfide) groups is 1. The Morgan fingerprint density at radius 1 is 1.40 bits per heavy atom. The maximum atomic E-state index is 11.8. The predicted molar refractivity (Wildman–Crippen MR) is 82.6 cm³/mol. The summed E-state index contributed by atoms with van der Waals surface area (Å²) in [6.45, 7) is 0. The molecule has 0 atom stereocenters. The molecule has 0 aliphatic carbocycles. The lowest BCUT2D eigenvalue weighted by molar-refractivity contribution is 0.888. The van der Waals surface area contributed by atoms with E-state index in [9.17, 15) is 4.79 Å². The van der Waals surface area contributed by atoms with E-state index in [1.54, 1.807) is 17.6 Å². The number of aromatic nitrogens is 3. The van der Waals surface area contributed by atoms with Gasteiger partial charge in [-0.15, -0.1) is 11.8 Å². The average Bonchev–Trinajstić information content (AvgIpc) is 2.86. The van der Waals surface area contributed by atoms with Gasteiger partial charge >= 0.3 is 0 Å². The van der Waals surface area contributed by atoms with Crippen LogP contribution in [0.3, 0.4) is 0 Å². The third-order valence-corrected chi connectivity index (χ3v) is 4.62. The summed E-state index contributed by atoms with van der Waals surface area (Å²) in [5.41, 5.74) is 8.64. The number of rotatable bonds is 3. The van der Waals surface area contributed by atoms with E-state index in [2.05, 4.69) is 10.1 Å². The van der Waals surface area contributed by atoms with Crippen molar-refractivity contribution >= 4 is 45.3 Å². The van der Waals surface area contributed by atoms with Crippen molar-refractivity contribution in [2.75, 3.05) is 5.73 Å². The molecule has 0 aliphatic rings. The molecule has 2 N–H and O–H groups in total. The maximum absolute atomic E-state index is 11.8. The molecule has 0 aliphatic heterocycles. The van der Waals surface area contributed by atoms with Crippen LogP contribution in [0.25, 0.3) is 4.96 Å². The summed E-state index contributed by atoms with van der Waals surface area (Å²) in [5, 5.41) is 4.53. The molecular weight excluding hydrogens is 316 g/mol. The number of anilines is 1. The fourth-order valence-corrected chi connectivity index (χ4v) is 3.34. The summed E-state index contributed by atoms with van der Waals surface area (Å²) >= 11 is 8.71. The van der Waals surface area contributed by atoms with Crippen LogP contribution in [0.15, 0.2) is 39.5 Å². The van der Waals surface area contributed by atoms with Crippen LogP contribution in [0.2, 0.25) is 5.02 Å². The van der Waals surface area contributed by atoms with E-state index in [-0.39, 0.29) is 5.56 Å². The van der Waals surface area contributed by atoms with Crippen LogP contribution in [0.5, 0.6) is 0 Å². The van der Waals surface area contributed by atoms with Gasteiger partial charge in [0.05, 0.1) is 5.69 Å². The van der Waals surface area contributed by atoms with Gasteiger partial charge in [-0.25, -0.2) is 4.98 Å². The minimum atomic E-state index is -0.170. The zero-order valence-electron chi connectivity index (χ0n) is 10.1. The molecular formula is C12H9ClN4OS2. The molecule has 20 heavy (non-hydrogen) atoms. The van der Waals surface area contributed by atoms with E-state index in [0.29, 0.717) is 27.1 Å². The lowest BCUT2D eigenvalue weighted by atomic mass is 10.3. The fraction of sp³-hybridized carbons (Fsp3) is 0.0833. The third-order valence-electron chi connectivity index (χ3n) is 2.59. The molecule has 0 fully saturated rings. The van der Waals surface area contributed by atoms with Crippen molar-refractivity contribution in [3.8, 4) is 0 Å². The second-order valence-electron chi connectivity index (χ2n) is 3.99. The summed E-state index contributed by atoms with van der Waals surface area (Å²) in [7, 11) is 0. The fourth-order valence-electron chi connectivity index (χ4n) is 1.68. The number of fused-ring (bicyclic) bond motifs is 1. The van der Waals surface area contributed by atoms with E-state index in [1.807, 2.05) is 6.07 Å². The Hall–Kier alpha value is -1.57. The lowest BCUT2D eigenvalue weighted by Crippen LogP contribution is -2.14. The molecule has 1 aromatic carbocycles. The van der Waals surface area contributed by atoms with Crippen molar-refractivity contribution in [1.82, 2.24) is 14.6 Å². The molecule has 0 bridgehead atoms. The monoisotopic (exact) mass is 324 g/mol. The second kappa shape index (κ2) is 5.43. The zero-order chi connectivity index (χ0) is 14.1. The van der Waals surface area contributed by atoms with Crippen molar-refractivity contribution in [3.63, 3.8) is 0 Å². The van der Waals surface area contributed by atoms with E-state index in [4.69, 9.17) is 17.3 Å². The predicted octanol–water partition coefficient (Wildman–Crippen LogP) is 2.68. The highest BCUT2D eigenvalue weighted by molar-refractivity contribution is 7.98. The van der Waals surface area contributed by atoms with E-state index in [1.165, 1.54) is 33.7 Å². The summed E-state index contributed by atoms with van der Waals surface area (Å²) in [6.07, 6.45) is 0. The summed E-state index contributed by atoms with van der Waals surface area (Å²) in [5.74, 6) is 0.565. The Morgan fingerprint density at radius 2 is 2.25 bits per heavy atom. The van der Waals surface area contributed by atoms with E-state index in [0.717, 1.165) is 4.90 Å². The summed E-state index contributed by atoms with van der Waals surface area (Å²) < 4.78 is 1.29. The van der Waals surface area contributed by atoms with Crippen molar-refractivity contribution in [1.29, 1.82) is 0 Å². The first-order valence-corrected chi connectivity index (χ1v) is 7.88. The van der Waals surface area contributed by atoms with Gasteiger partial charge < -0.3 is 5.73 Å². The second-order valence-corrected chi connectivity index (χ2v) is 6.25. The molecule has 5 nitrogen and oxygen atoms in total. The van der Waals surface area contributed by atoms with Gasteiger partial charge in [0.1, 0.15) is 5.51 Å². The van der Waals surface area contributed by atoms with Gasteiger partial charge in [0.2, 0.25) is 4.96 Å². The first kappa shape index (κ1) is 13.4. The van der Waals surface area contributed by atoms with Crippen molar-refractivity contribution < 1.29 is 0 Å². The van der Waals surface area contributed by atoms with Crippen LogP contribution in [0.1, 0.15) is 5.69 Å². The number of halogens is 1. The van der Waals surface area contributed by atoms with Crippen LogP contribution in [-0.4, -0.2) is 14.6 Å². The summed E-state index contributed by atoms with van der Waals surface area (Å²) in [6, 6.07) is 6.85. The number of nitrogens with two attached hydrogens (primary N) is 1. The van der Waals surface area contributed by atoms with Crippen LogP contribution in [0.4, 0.5) is 5.69 Å². The zero-order valence-corrected chi connectivity index (χ0v) is 12.5. The number of nitrogens with zero attached hydrogens (tertiary/aromatic N) is 3. The van der Waals surface area contributed by atoms with Gasteiger partial charge in [0.25, 0.3) is 5.56 Å². The SMILES string of the molecule is Nc1cc(Cl)ccc1SCc1cc(=O)n2ncsc2n1. The molecule has 102 valence electrons. The summed E-state index contributed by atoms with van der Waals surface area (Å²) in [4.78, 5) is 17.7. The highest BCUT2D eigenvalue weighted by atomic mass is 35.5. The highest BCUT2D eigenvalue weighted by Crippen LogP contribution is 2.29. The molecule has 0 spiro atoms. The van der Waals surface area contributed by atoms with Gasteiger partial charge in [-0.05, 0) is 18.2 Å².